The van der Waals surface area contributed by atoms with Crippen molar-refractivity contribution in [2.75, 3.05) is 6.61 Å². The molecule has 19 heavy (non-hydrogen) atoms. The van der Waals surface area contributed by atoms with Crippen LogP contribution in [-0.2, 0) is 0 Å². The highest BCUT2D eigenvalue weighted by molar-refractivity contribution is 7.13. The van der Waals surface area contributed by atoms with Crippen molar-refractivity contribution in [1.29, 1.82) is 0 Å². The fraction of sp³-hybridized carbons (Fsp3) is 0.286. The summed E-state index contributed by atoms with van der Waals surface area (Å²) in [5.74, 6) is -0.167. The van der Waals surface area contributed by atoms with Gasteiger partial charge in [0.05, 0.1) is 12.3 Å². The molecule has 0 saturated heterocycles. The van der Waals surface area contributed by atoms with E-state index in [0.717, 1.165) is 28.3 Å². The fourth-order valence-electron chi connectivity index (χ4n) is 1.68. The van der Waals surface area contributed by atoms with Crippen molar-refractivity contribution in [3.05, 3.63) is 34.2 Å². The van der Waals surface area contributed by atoms with Gasteiger partial charge in [-0.05, 0) is 37.6 Å². The summed E-state index contributed by atoms with van der Waals surface area (Å²) in [6.07, 6.45) is 0.967. The predicted octanol–water partition coefficient (Wildman–Crippen LogP) is 3.61. The molecule has 0 aliphatic rings. The first-order valence-electron chi connectivity index (χ1n) is 6.05. The van der Waals surface area contributed by atoms with Gasteiger partial charge in [-0.1, -0.05) is 6.92 Å². The molecule has 5 heteroatoms. The second kappa shape index (κ2) is 5.84. The van der Waals surface area contributed by atoms with Crippen molar-refractivity contribution in [3.63, 3.8) is 0 Å². The van der Waals surface area contributed by atoms with Gasteiger partial charge in [0.25, 0.3) is 0 Å². The zero-order chi connectivity index (χ0) is 13.8. The third-order valence-electron chi connectivity index (χ3n) is 2.58. The van der Waals surface area contributed by atoms with E-state index in [2.05, 4.69) is 11.9 Å². The number of carboxylic acids is 1. The number of hydrogen-bond acceptors (Lipinski definition) is 4. The van der Waals surface area contributed by atoms with E-state index in [1.54, 1.807) is 0 Å². The van der Waals surface area contributed by atoms with Crippen LogP contribution in [0.25, 0.3) is 11.3 Å². The molecule has 1 aromatic heterocycles. The lowest BCUT2D eigenvalue weighted by Crippen LogP contribution is -1.95. The maximum atomic E-state index is 10.9. The van der Waals surface area contributed by atoms with Crippen molar-refractivity contribution >= 4 is 17.3 Å². The summed E-state index contributed by atoms with van der Waals surface area (Å²) < 4.78 is 5.51. The Morgan fingerprint density at radius 2 is 2.05 bits per heavy atom. The summed E-state index contributed by atoms with van der Waals surface area (Å²) in [4.78, 5) is 16.0. The molecule has 0 bridgehead atoms. The molecule has 1 N–H and O–H groups in total. The lowest BCUT2D eigenvalue weighted by molar-refractivity contribution is 0.0696. The molecule has 2 rings (SSSR count). The van der Waals surface area contributed by atoms with Crippen molar-refractivity contribution < 1.29 is 14.6 Å². The number of ether oxygens (including phenoxy) is 1. The minimum Gasteiger partial charge on any atom is -0.494 e. The molecule has 0 fully saturated rings. The second-order valence-corrected chi connectivity index (χ2v) is 5.30. The number of hydrogen-bond donors (Lipinski definition) is 1. The van der Waals surface area contributed by atoms with Gasteiger partial charge in [-0.25, -0.2) is 9.78 Å². The Kier molecular flexibility index (Phi) is 4.16. The maximum Gasteiger partial charge on any atom is 0.365 e. The topological polar surface area (TPSA) is 59.4 Å². The molecular weight excluding hydrogens is 262 g/mol. The standard InChI is InChI=1S/C14H15NO3S/c1-3-8-18-11-6-4-10(5-7-11)12-9(2)19-13(15-12)14(16)17/h4-7H,3,8H2,1-2H3,(H,16,17). The lowest BCUT2D eigenvalue weighted by atomic mass is 10.1. The molecule has 0 unspecified atom stereocenters. The Labute approximate surface area is 115 Å². The number of benzene rings is 1. The van der Waals surface area contributed by atoms with E-state index in [1.165, 1.54) is 11.3 Å². The van der Waals surface area contributed by atoms with E-state index in [4.69, 9.17) is 9.84 Å². The van der Waals surface area contributed by atoms with Gasteiger partial charge in [0.2, 0.25) is 5.01 Å². The number of thiazole rings is 1. The Hall–Kier alpha value is -1.88. The second-order valence-electron chi connectivity index (χ2n) is 4.10. The van der Waals surface area contributed by atoms with Crippen molar-refractivity contribution in [3.8, 4) is 17.0 Å². The van der Waals surface area contributed by atoms with Gasteiger partial charge in [-0.3, -0.25) is 0 Å². The lowest BCUT2D eigenvalue weighted by Gasteiger charge is -2.05. The quantitative estimate of drug-likeness (QED) is 0.907. The molecule has 0 saturated carbocycles. The van der Waals surface area contributed by atoms with Crippen molar-refractivity contribution in [2.45, 2.75) is 20.3 Å². The van der Waals surface area contributed by atoms with E-state index in [0.29, 0.717) is 6.61 Å². The average Bonchev–Trinajstić information content (AvgIpc) is 2.79. The summed E-state index contributed by atoms with van der Waals surface area (Å²) in [5.41, 5.74) is 1.63. The highest BCUT2D eigenvalue weighted by Gasteiger charge is 2.14. The fourth-order valence-corrected chi connectivity index (χ4v) is 2.46. The molecule has 4 nitrogen and oxygen atoms in total. The van der Waals surface area contributed by atoms with E-state index < -0.39 is 5.97 Å². The number of aryl methyl sites for hydroxylation is 1. The molecule has 100 valence electrons. The van der Waals surface area contributed by atoms with Crippen LogP contribution in [-0.4, -0.2) is 22.7 Å². The minimum absolute atomic E-state index is 0.124. The molecule has 0 spiro atoms. The SMILES string of the molecule is CCCOc1ccc(-c2nc(C(=O)O)sc2C)cc1. The number of carbonyl (C=O) groups is 1. The monoisotopic (exact) mass is 277 g/mol. The highest BCUT2D eigenvalue weighted by atomic mass is 32.1. The van der Waals surface area contributed by atoms with Gasteiger partial charge in [-0.2, -0.15) is 0 Å². The number of aromatic carboxylic acids is 1. The summed E-state index contributed by atoms with van der Waals surface area (Å²) in [6.45, 7) is 4.62. The first-order valence-corrected chi connectivity index (χ1v) is 6.87. The first-order chi connectivity index (χ1) is 9.11. The minimum atomic E-state index is -0.984. The van der Waals surface area contributed by atoms with Crippen molar-refractivity contribution in [1.82, 2.24) is 4.98 Å². The van der Waals surface area contributed by atoms with Crippen LogP contribution in [0.15, 0.2) is 24.3 Å². The van der Waals surface area contributed by atoms with Crippen LogP contribution in [0.4, 0.5) is 0 Å². The van der Waals surface area contributed by atoms with Crippen LogP contribution in [0.5, 0.6) is 5.75 Å². The van der Waals surface area contributed by atoms with Crippen LogP contribution in [0.3, 0.4) is 0 Å². The normalized spacial score (nSPS) is 10.4. The van der Waals surface area contributed by atoms with Gasteiger partial charge in [-0.15, -0.1) is 11.3 Å². The molecule has 1 aromatic carbocycles. The Morgan fingerprint density at radius 3 is 2.58 bits per heavy atom. The number of carboxylic acid groups (broad SMARTS) is 1. The van der Waals surface area contributed by atoms with Crippen LogP contribution in [0, 0.1) is 6.92 Å². The molecule has 0 aliphatic heterocycles. The molecule has 0 aliphatic carbocycles. The first kappa shape index (κ1) is 13.5. The molecule has 1 heterocycles. The van der Waals surface area contributed by atoms with Crippen LogP contribution in [0.2, 0.25) is 0 Å². The Balaban J connectivity index is 2.24. The molecule has 0 atom stereocenters. The summed E-state index contributed by atoms with van der Waals surface area (Å²) >= 11 is 1.19. The Morgan fingerprint density at radius 1 is 1.37 bits per heavy atom. The van der Waals surface area contributed by atoms with Gasteiger partial charge in [0.15, 0.2) is 0 Å². The zero-order valence-electron chi connectivity index (χ0n) is 10.8. The van der Waals surface area contributed by atoms with Crippen molar-refractivity contribution in [2.24, 2.45) is 0 Å². The van der Waals surface area contributed by atoms with E-state index >= 15 is 0 Å². The Bertz CT molecular complexity index is 575. The molecule has 2 aromatic rings. The number of rotatable bonds is 5. The molecule has 0 radical (unpaired) electrons. The van der Waals surface area contributed by atoms with Crippen LogP contribution < -0.4 is 4.74 Å². The summed E-state index contributed by atoms with van der Waals surface area (Å²) in [7, 11) is 0. The van der Waals surface area contributed by atoms with Crippen LogP contribution >= 0.6 is 11.3 Å². The highest BCUT2D eigenvalue weighted by Crippen LogP contribution is 2.28. The van der Waals surface area contributed by atoms with Gasteiger partial charge >= 0.3 is 5.97 Å². The summed E-state index contributed by atoms with van der Waals surface area (Å²) in [6, 6.07) is 7.56. The number of nitrogens with zero attached hydrogens (tertiary/aromatic N) is 1. The largest absolute Gasteiger partial charge is 0.494 e. The third kappa shape index (κ3) is 3.12. The third-order valence-corrected chi connectivity index (χ3v) is 3.54. The van der Waals surface area contributed by atoms with Gasteiger partial charge in [0, 0.05) is 10.4 Å². The van der Waals surface area contributed by atoms with Gasteiger partial charge < -0.3 is 9.84 Å². The van der Waals surface area contributed by atoms with Crippen LogP contribution in [0.1, 0.15) is 28.0 Å². The smallest absolute Gasteiger partial charge is 0.365 e. The zero-order valence-corrected chi connectivity index (χ0v) is 11.7. The van der Waals surface area contributed by atoms with Gasteiger partial charge in [0.1, 0.15) is 5.75 Å². The van der Waals surface area contributed by atoms with E-state index in [1.807, 2.05) is 31.2 Å². The molecule has 0 amide bonds. The van der Waals surface area contributed by atoms with E-state index in [-0.39, 0.29) is 5.01 Å². The van der Waals surface area contributed by atoms with E-state index in [9.17, 15) is 4.79 Å². The average molecular weight is 277 g/mol. The summed E-state index contributed by atoms with van der Waals surface area (Å²) in [5, 5.41) is 9.06. The predicted molar refractivity (Wildman–Crippen MR) is 75.0 cm³/mol. The molecular formula is C14H15NO3S. The maximum absolute atomic E-state index is 10.9. The number of aromatic nitrogens is 1.